The Morgan fingerprint density at radius 3 is 1.47 bits per heavy atom. The molecule has 266 valence electrons. The zero-order valence-electron chi connectivity index (χ0n) is 29.1. The molecule has 0 saturated carbocycles. The lowest BCUT2D eigenvalue weighted by molar-refractivity contribution is -0.0822. The molecule has 1 saturated heterocycles. The van der Waals surface area contributed by atoms with E-state index in [1.54, 1.807) is 0 Å². The first-order valence-electron chi connectivity index (χ1n) is 17.8. The fourth-order valence-electron chi connectivity index (χ4n) is 6.25. The second-order valence-corrected chi connectivity index (χ2v) is 15.3. The van der Waals surface area contributed by atoms with Crippen LogP contribution in [-0.4, -0.2) is 59.5 Å². The van der Waals surface area contributed by atoms with Crippen molar-refractivity contribution in [1.29, 1.82) is 0 Å². The normalized spacial score (nSPS) is 19.9. The van der Waals surface area contributed by atoms with E-state index in [0.29, 0.717) is 45.4 Å². The van der Waals surface area contributed by atoms with Gasteiger partial charge in [0.05, 0.1) is 46.2 Å². The lowest BCUT2D eigenvalue weighted by Gasteiger charge is -2.25. The molecule has 51 heavy (non-hydrogen) atoms. The van der Waals surface area contributed by atoms with Crippen LogP contribution in [0.15, 0.2) is 152 Å². The monoisotopic (exact) mass is 705 g/mol. The Morgan fingerprint density at radius 2 is 0.961 bits per heavy atom. The molecule has 0 amide bonds. The van der Waals surface area contributed by atoms with Crippen LogP contribution in [0.5, 0.6) is 0 Å². The van der Waals surface area contributed by atoms with Gasteiger partial charge in [-0.2, -0.15) is 0 Å². The molecule has 0 bridgehead atoms. The number of rotatable bonds is 20. The van der Waals surface area contributed by atoms with Gasteiger partial charge in [0, 0.05) is 10.9 Å². The summed E-state index contributed by atoms with van der Waals surface area (Å²) in [6, 6.07) is 50.9. The smallest absolute Gasteiger partial charge is 0.170 e. The van der Waals surface area contributed by atoms with E-state index < -0.39 is 12.2 Å². The Balaban J connectivity index is 1.19. The van der Waals surface area contributed by atoms with Crippen LogP contribution < -0.4 is 0 Å². The van der Waals surface area contributed by atoms with Crippen molar-refractivity contribution in [2.45, 2.75) is 62.7 Å². The van der Waals surface area contributed by atoms with Gasteiger partial charge in [-0.1, -0.05) is 152 Å². The molecule has 6 atom stereocenters. The number of aliphatic hydroxyl groups is 1. The third-order valence-corrected chi connectivity index (χ3v) is 11.8. The number of hydrogen-bond acceptors (Lipinski definition) is 6. The van der Waals surface area contributed by atoms with Crippen molar-refractivity contribution in [1.82, 2.24) is 0 Å². The van der Waals surface area contributed by atoms with Crippen LogP contribution in [0, 0.1) is 0 Å². The van der Waals surface area contributed by atoms with Gasteiger partial charge in [0.25, 0.3) is 0 Å². The number of hydrogen-bond donors (Lipinski definition) is 1. The number of aliphatic hydroxyl groups excluding tert-OH is 1. The van der Waals surface area contributed by atoms with E-state index in [1.165, 1.54) is 0 Å². The molecular formula is C44H49O6S+. The molecule has 6 rings (SSSR count). The van der Waals surface area contributed by atoms with Crippen LogP contribution in [0.1, 0.15) is 27.8 Å². The van der Waals surface area contributed by atoms with E-state index in [4.69, 9.17) is 23.7 Å². The standard InChI is InChI=1S/C44H49O6S/c45-40(41(48-28-37-20-10-3-11-21-37)31-46-26-35-16-6-1-7-17-35)33-51-34-42(49-29-38-22-12-4-13-23-38)44(50-30-39-24-14-5-15-25-39)43(51)32-47-27-36-18-8-2-9-19-36/h1-25,40-45H,26-34H2/q+1/t40-,41+,42-,43-,44+,51?/m1/s1. The van der Waals surface area contributed by atoms with Crippen molar-refractivity contribution in [2.24, 2.45) is 0 Å². The predicted molar refractivity (Wildman–Crippen MR) is 204 cm³/mol. The highest BCUT2D eigenvalue weighted by molar-refractivity contribution is 7.97. The molecule has 0 spiro atoms. The maximum absolute atomic E-state index is 11.9. The SMILES string of the molecule is O[C@H](C[S+]1C[C@@H](OCc2ccccc2)[C@H](OCc2ccccc2)[C@H]1COCc1ccccc1)[C@H](COCc1ccccc1)OCc1ccccc1. The minimum atomic E-state index is -0.757. The van der Waals surface area contributed by atoms with Crippen molar-refractivity contribution < 1.29 is 28.8 Å². The average molecular weight is 706 g/mol. The van der Waals surface area contributed by atoms with Gasteiger partial charge in [-0.15, -0.1) is 0 Å². The van der Waals surface area contributed by atoms with Gasteiger partial charge in [0.1, 0.15) is 35.9 Å². The summed E-state index contributed by atoms with van der Waals surface area (Å²) < 4.78 is 32.4. The van der Waals surface area contributed by atoms with Crippen LogP contribution >= 0.6 is 0 Å². The largest absolute Gasteiger partial charge is 0.385 e. The first-order valence-corrected chi connectivity index (χ1v) is 19.4. The van der Waals surface area contributed by atoms with E-state index in [-0.39, 0.29) is 35.0 Å². The first-order chi connectivity index (χ1) is 25.2. The molecule has 7 heteroatoms. The van der Waals surface area contributed by atoms with Crippen LogP contribution in [0.3, 0.4) is 0 Å². The van der Waals surface area contributed by atoms with E-state index in [2.05, 4.69) is 36.4 Å². The summed E-state index contributed by atoms with van der Waals surface area (Å²) in [5.41, 5.74) is 5.49. The summed E-state index contributed by atoms with van der Waals surface area (Å²) in [7, 11) is -0.300. The first kappa shape index (κ1) is 37.0. The number of ether oxygens (including phenoxy) is 5. The second-order valence-electron chi connectivity index (χ2n) is 12.9. The quantitative estimate of drug-likeness (QED) is 0.0845. The molecule has 6 nitrogen and oxygen atoms in total. The Morgan fingerprint density at radius 1 is 0.529 bits per heavy atom. The maximum atomic E-state index is 11.9. The van der Waals surface area contributed by atoms with E-state index >= 15 is 0 Å². The number of benzene rings is 5. The molecular weight excluding hydrogens is 657 g/mol. The highest BCUT2D eigenvalue weighted by atomic mass is 32.2. The van der Waals surface area contributed by atoms with Gasteiger partial charge in [-0.25, -0.2) is 0 Å². The van der Waals surface area contributed by atoms with E-state index in [0.717, 1.165) is 33.6 Å². The molecule has 5 aromatic carbocycles. The fraction of sp³-hybridized carbons (Fsp3) is 0.318. The molecule has 1 aliphatic rings. The van der Waals surface area contributed by atoms with Crippen molar-refractivity contribution >= 4 is 10.9 Å². The topological polar surface area (TPSA) is 66.4 Å². The minimum Gasteiger partial charge on any atom is -0.385 e. The Hall–Kier alpha value is -3.79. The summed E-state index contributed by atoms with van der Waals surface area (Å²) in [6.45, 7) is 3.08. The predicted octanol–water partition coefficient (Wildman–Crippen LogP) is 7.54. The zero-order chi connectivity index (χ0) is 34.9. The Kier molecular flexibility index (Phi) is 14.7. The Bertz CT molecular complexity index is 1640. The molecule has 1 aliphatic heterocycles. The minimum absolute atomic E-state index is 0.0212. The van der Waals surface area contributed by atoms with Crippen molar-refractivity contribution in [2.75, 3.05) is 24.7 Å². The van der Waals surface area contributed by atoms with Crippen molar-refractivity contribution in [3.8, 4) is 0 Å². The van der Waals surface area contributed by atoms with Gasteiger partial charge < -0.3 is 28.8 Å². The van der Waals surface area contributed by atoms with Crippen molar-refractivity contribution in [3.63, 3.8) is 0 Å². The van der Waals surface area contributed by atoms with E-state index in [1.807, 2.05) is 115 Å². The Labute approximate surface area is 305 Å². The fourth-order valence-corrected chi connectivity index (χ4v) is 9.17. The lowest BCUT2D eigenvalue weighted by atomic mass is 10.1. The third-order valence-electron chi connectivity index (χ3n) is 9.04. The third kappa shape index (κ3) is 11.9. The van der Waals surface area contributed by atoms with Gasteiger partial charge in [0.2, 0.25) is 0 Å². The van der Waals surface area contributed by atoms with Gasteiger partial charge >= 0.3 is 0 Å². The lowest BCUT2D eigenvalue weighted by Crippen LogP contribution is -2.43. The molecule has 1 unspecified atom stereocenters. The van der Waals surface area contributed by atoms with Crippen LogP contribution in [0.4, 0.5) is 0 Å². The average Bonchev–Trinajstić information content (AvgIpc) is 3.51. The summed E-state index contributed by atoms with van der Waals surface area (Å²) in [5, 5.41) is 12.0. The molecule has 5 aromatic rings. The van der Waals surface area contributed by atoms with Crippen LogP contribution in [0.2, 0.25) is 0 Å². The highest BCUT2D eigenvalue weighted by Gasteiger charge is 2.53. The summed E-state index contributed by atoms with van der Waals surface area (Å²) in [5.74, 6) is 1.29. The van der Waals surface area contributed by atoms with Crippen molar-refractivity contribution in [3.05, 3.63) is 179 Å². The second kappa shape index (κ2) is 20.3. The van der Waals surface area contributed by atoms with Crippen LogP contribution in [0.25, 0.3) is 0 Å². The summed E-state index contributed by atoms with van der Waals surface area (Å²) in [4.78, 5) is 0. The highest BCUT2D eigenvalue weighted by Crippen LogP contribution is 2.32. The van der Waals surface area contributed by atoms with Gasteiger partial charge in [0.15, 0.2) is 5.25 Å². The van der Waals surface area contributed by atoms with Gasteiger partial charge in [-0.05, 0) is 27.8 Å². The molecule has 1 N–H and O–H groups in total. The summed E-state index contributed by atoms with van der Waals surface area (Å²) in [6.07, 6.45) is -1.64. The summed E-state index contributed by atoms with van der Waals surface area (Å²) >= 11 is 0. The molecule has 1 heterocycles. The zero-order valence-corrected chi connectivity index (χ0v) is 29.9. The molecule has 0 aromatic heterocycles. The molecule has 0 radical (unpaired) electrons. The molecule has 0 aliphatic carbocycles. The molecule has 1 fully saturated rings. The van der Waals surface area contributed by atoms with Crippen LogP contribution in [-0.2, 0) is 67.6 Å². The van der Waals surface area contributed by atoms with E-state index in [9.17, 15) is 5.11 Å². The maximum Gasteiger partial charge on any atom is 0.170 e. The van der Waals surface area contributed by atoms with Gasteiger partial charge in [-0.3, -0.25) is 0 Å².